The van der Waals surface area contributed by atoms with Gasteiger partial charge >= 0.3 is 0 Å². The van der Waals surface area contributed by atoms with Crippen LogP contribution < -0.4 is 0 Å². The molecule has 0 heterocycles. The molecule has 0 aliphatic heterocycles. The molecule has 0 saturated heterocycles. The molecule has 0 unspecified atom stereocenters. The first-order valence-corrected chi connectivity index (χ1v) is 10.6. The lowest BCUT2D eigenvalue weighted by atomic mass is 9.77. The van der Waals surface area contributed by atoms with Gasteiger partial charge < -0.3 is 0 Å². The summed E-state index contributed by atoms with van der Waals surface area (Å²) in [6, 6.07) is 4.95. The Morgan fingerprint density at radius 3 is 1.29 bits per heavy atom. The molecule has 0 heteroatoms. The molecular formula is C24H38. The lowest BCUT2D eigenvalue weighted by molar-refractivity contribution is 0.287. The summed E-state index contributed by atoms with van der Waals surface area (Å²) >= 11 is 0. The van der Waals surface area contributed by atoms with Crippen LogP contribution in [0, 0.1) is 37.5 Å². The van der Waals surface area contributed by atoms with Crippen LogP contribution in [0.3, 0.4) is 0 Å². The molecule has 0 N–H and O–H groups in total. The van der Waals surface area contributed by atoms with Crippen LogP contribution in [0.25, 0.3) is 0 Å². The highest BCUT2D eigenvalue weighted by atomic mass is 14.3. The quantitative estimate of drug-likeness (QED) is 0.556. The van der Waals surface area contributed by atoms with E-state index in [0.717, 1.165) is 23.7 Å². The smallest absolute Gasteiger partial charge is 0.0248 e. The highest BCUT2D eigenvalue weighted by Crippen LogP contribution is 2.34. The van der Waals surface area contributed by atoms with Crippen LogP contribution in [0.5, 0.6) is 0 Å². The molecule has 0 atom stereocenters. The summed E-state index contributed by atoms with van der Waals surface area (Å²) in [6.07, 6.45) is 14.2. The third-order valence-electron chi connectivity index (χ3n) is 7.30. The molecule has 0 spiro atoms. The monoisotopic (exact) mass is 326 g/mol. The minimum absolute atomic E-state index is 0.935. The molecule has 24 heavy (non-hydrogen) atoms. The third kappa shape index (κ3) is 4.44. The van der Waals surface area contributed by atoms with Crippen molar-refractivity contribution in [2.45, 2.75) is 91.9 Å². The highest BCUT2D eigenvalue weighted by molar-refractivity contribution is 5.40. The van der Waals surface area contributed by atoms with Crippen LogP contribution >= 0.6 is 0 Å². The first kappa shape index (κ1) is 18.0. The Morgan fingerprint density at radius 2 is 0.958 bits per heavy atom. The highest BCUT2D eigenvalue weighted by Gasteiger charge is 2.21. The van der Waals surface area contributed by atoms with Gasteiger partial charge in [-0.3, -0.25) is 0 Å². The van der Waals surface area contributed by atoms with Crippen molar-refractivity contribution in [3.63, 3.8) is 0 Å². The number of rotatable bonds is 4. The summed E-state index contributed by atoms with van der Waals surface area (Å²) in [6.45, 7) is 9.60. The molecule has 2 aliphatic rings. The maximum absolute atomic E-state index is 2.47. The summed E-state index contributed by atoms with van der Waals surface area (Å²) in [5.74, 6) is 3.80. The Hall–Kier alpha value is -0.780. The Bertz CT molecular complexity index is 476. The van der Waals surface area contributed by atoms with Crippen LogP contribution in [0.15, 0.2) is 12.1 Å². The second-order valence-corrected chi connectivity index (χ2v) is 9.29. The molecule has 0 bridgehead atoms. The van der Waals surface area contributed by atoms with E-state index in [1.54, 1.807) is 22.3 Å². The molecule has 1 aromatic carbocycles. The zero-order valence-corrected chi connectivity index (χ0v) is 16.5. The predicted molar refractivity (Wildman–Crippen MR) is 106 cm³/mol. The molecule has 2 aliphatic carbocycles. The molecule has 0 nitrogen and oxygen atoms in total. The predicted octanol–water partition coefficient (Wildman–Crippen LogP) is 7.04. The van der Waals surface area contributed by atoms with Gasteiger partial charge in [-0.25, -0.2) is 0 Å². The van der Waals surface area contributed by atoms with E-state index in [1.165, 1.54) is 64.2 Å². The summed E-state index contributed by atoms with van der Waals surface area (Å²) in [5, 5.41) is 0. The molecule has 2 saturated carbocycles. The topological polar surface area (TPSA) is 0 Å². The van der Waals surface area contributed by atoms with Crippen molar-refractivity contribution in [2.24, 2.45) is 23.7 Å². The zero-order chi connectivity index (χ0) is 17.1. The number of hydrogen-bond donors (Lipinski definition) is 0. The van der Waals surface area contributed by atoms with E-state index in [2.05, 4.69) is 39.8 Å². The summed E-state index contributed by atoms with van der Waals surface area (Å²) in [5.41, 5.74) is 6.45. The van der Waals surface area contributed by atoms with E-state index in [0.29, 0.717) is 0 Å². The second-order valence-electron chi connectivity index (χ2n) is 9.29. The van der Waals surface area contributed by atoms with E-state index < -0.39 is 0 Å². The van der Waals surface area contributed by atoms with Crippen molar-refractivity contribution in [2.75, 3.05) is 0 Å². The van der Waals surface area contributed by atoms with Gasteiger partial charge in [0, 0.05) is 0 Å². The second kappa shape index (κ2) is 8.07. The molecule has 2 fully saturated rings. The van der Waals surface area contributed by atoms with Gasteiger partial charge in [0.25, 0.3) is 0 Å². The van der Waals surface area contributed by atoms with Crippen molar-refractivity contribution < 1.29 is 0 Å². The fourth-order valence-electron chi connectivity index (χ4n) is 5.06. The van der Waals surface area contributed by atoms with E-state index in [9.17, 15) is 0 Å². The van der Waals surface area contributed by atoms with Crippen LogP contribution in [-0.2, 0) is 12.8 Å². The largest absolute Gasteiger partial charge is 0.0625 e. The molecule has 134 valence electrons. The van der Waals surface area contributed by atoms with E-state index in [-0.39, 0.29) is 0 Å². The fraction of sp³-hybridized carbons (Fsp3) is 0.750. The van der Waals surface area contributed by atoms with Crippen LogP contribution in [0.2, 0.25) is 0 Å². The summed E-state index contributed by atoms with van der Waals surface area (Å²) in [4.78, 5) is 0. The maximum Gasteiger partial charge on any atom is -0.0248 e. The average Bonchev–Trinajstić information content (AvgIpc) is 2.58. The van der Waals surface area contributed by atoms with Crippen molar-refractivity contribution in [1.29, 1.82) is 0 Å². The lowest BCUT2D eigenvalue weighted by Crippen LogP contribution is -2.16. The van der Waals surface area contributed by atoms with Gasteiger partial charge in [0.05, 0.1) is 0 Å². The molecule has 0 radical (unpaired) electrons. The van der Waals surface area contributed by atoms with Gasteiger partial charge in [0.2, 0.25) is 0 Å². The SMILES string of the molecule is Cc1c(CC2CCC(C)CC2)ccc(CC2CCC(C)CC2)c1C. The molecule has 0 amide bonds. The van der Waals surface area contributed by atoms with Gasteiger partial charge in [0.15, 0.2) is 0 Å². The van der Waals surface area contributed by atoms with Crippen molar-refractivity contribution in [1.82, 2.24) is 0 Å². The maximum atomic E-state index is 2.47. The van der Waals surface area contributed by atoms with Gasteiger partial charge in [-0.05, 0) is 98.3 Å². The summed E-state index contributed by atoms with van der Waals surface area (Å²) < 4.78 is 0. The molecule has 3 rings (SSSR count). The first-order valence-electron chi connectivity index (χ1n) is 10.6. The third-order valence-corrected chi connectivity index (χ3v) is 7.30. The Morgan fingerprint density at radius 1 is 0.625 bits per heavy atom. The van der Waals surface area contributed by atoms with Gasteiger partial charge in [0.1, 0.15) is 0 Å². The molecular weight excluding hydrogens is 288 g/mol. The molecule has 1 aromatic rings. The van der Waals surface area contributed by atoms with Crippen LogP contribution in [-0.4, -0.2) is 0 Å². The minimum atomic E-state index is 0.935. The van der Waals surface area contributed by atoms with Crippen molar-refractivity contribution >= 4 is 0 Å². The fourth-order valence-corrected chi connectivity index (χ4v) is 5.06. The Balaban J connectivity index is 1.63. The first-order chi connectivity index (χ1) is 11.5. The van der Waals surface area contributed by atoms with Crippen molar-refractivity contribution in [3.8, 4) is 0 Å². The van der Waals surface area contributed by atoms with E-state index in [4.69, 9.17) is 0 Å². The standard InChI is InChI=1S/C24H38/c1-17-5-9-21(10-6-17)15-23-13-14-24(20(4)19(23)3)16-22-11-7-18(2)8-12-22/h13-14,17-18,21-22H,5-12,15-16H2,1-4H3. The average molecular weight is 327 g/mol. The van der Waals surface area contributed by atoms with Gasteiger partial charge in [-0.1, -0.05) is 51.7 Å². The normalized spacial score (nSPS) is 31.2. The molecule has 0 aromatic heterocycles. The summed E-state index contributed by atoms with van der Waals surface area (Å²) in [7, 11) is 0. The van der Waals surface area contributed by atoms with Gasteiger partial charge in [-0.15, -0.1) is 0 Å². The number of benzene rings is 1. The van der Waals surface area contributed by atoms with Crippen LogP contribution in [0.4, 0.5) is 0 Å². The van der Waals surface area contributed by atoms with Gasteiger partial charge in [-0.2, -0.15) is 0 Å². The minimum Gasteiger partial charge on any atom is -0.0625 e. The zero-order valence-electron chi connectivity index (χ0n) is 16.5. The Kier molecular flexibility index (Phi) is 6.06. The lowest BCUT2D eigenvalue weighted by Gasteiger charge is -2.28. The van der Waals surface area contributed by atoms with E-state index >= 15 is 0 Å². The van der Waals surface area contributed by atoms with Crippen LogP contribution in [0.1, 0.15) is 87.5 Å². The van der Waals surface area contributed by atoms with E-state index in [1.807, 2.05) is 0 Å². The Labute approximate surface area is 150 Å². The van der Waals surface area contributed by atoms with Crippen molar-refractivity contribution in [3.05, 3.63) is 34.4 Å². The number of hydrogen-bond acceptors (Lipinski definition) is 0.